The van der Waals surface area contributed by atoms with Crippen LogP contribution in [0.3, 0.4) is 0 Å². The number of amides is 1. The van der Waals surface area contributed by atoms with Crippen molar-refractivity contribution in [1.82, 2.24) is 5.06 Å². The Balaban J connectivity index is 3.27. The maximum atomic E-state index is 11.2. The van der Waals surface area contributed by atoms with E-state index in [9.17, 15) is 4.79 Å². The van der Waals surface area contributed by atoms with Gasteiger partial charge in [0.25, 0.3) is 0 Å². The molecule has 0 bridgehead atoms. The van der Waals surface area contributed by atoms with E-state index in [1.807, 2.05) is 0 Å². The number of carbonyl (C=O) groups is 1. The van der Waals surface area contributed by atoms with E-state index < -0.39 is 0 Å². The van der Waals surface area contributed by atoms with E-state index in [0.29, 0.717) is 6.42 Å². The Hall–Kier alpha value is -0.570. The van der Waals surface area contributed by atoms with Crippen LogP contribution in [0.2, 0.25) is 0 Å². The van der Waals surface area contributed by atoms with Crippen LogP contribution < -0.4 is 0 Å². The predicted molar refractivity (Wildman–Crippen MR) is 53.2 cm³/mol. The smallest absolute Gasteiger partial charge is 0.245 e. The molecule has 0 fully saturated rings. The highest BCUT2D eigenvalue weighted by molar-refractivity contribution is 5.74. The van der Waals surface area contributed by atoms with Crippen LogP contribution in [0.4, 0.5) is 0 Å². The van der Waals surface area contributed by atoms with Crippen molar-refractivity contribution >= 4 is 5.91 Å². The van der Waals surface area contributed by atoms with Gasteiger partial charge in [-0.1, -0.05) is 32.6 Å². The molecule has 0 saturated heterocycles. The normalized spacial score (nSPS) is 10.1. The van der Waals surface area contributed by atoms with Crippen LogP contribution >= 0.6 is 0 Å². The van der Waals surface area contributed by atoms with E-state index in [2.05, 4.69) is 6.92 Å². The van der Waals surface area contributed by atoms with E-state index >= 15 is 0 Å². The van der Waals surface area contributed by atoms with Gasteiger partial charge in [-0.15, -0.1) is 0 Å². The lowest BCUT2D eigenvalue weighted by Gasteiger charge is -2.12. The third-order valence-corrected chi connectivity index (χ3v) is 2.12. The summed E-state index contributed by atoms with van der Waals surface area (Å²) < 4.78 is 0. The number of nitrogens with zero attached hydrogens (tertiary/aromatic N) is 1. The summed E-state index contributed by atoms with van der Waals surface area (Å²) in [6.45, 7) is 2.18. The minimum Gasteiger partial charge on any atom is -0.275 e. The van der Waals surface area contributed by atoms with E-state index in [1.165, 1.54) is 31.4 Å². The topological polar surface area (TPSA) is 29.5 Å². The minimum atomic E-state index is 0.0685. The second kappa shape index (κ2) is 8.05. The van der Waals surface area contributed by atoms with Crippen LogP contribution in [-0.2, 0) is 9.63 Å². The zero-order chi connectivity index (χ0) is 10.1. The average molecular weight is 187 g/mol. The largest absolute Gasteiger partial charge is 0.275 e. The van der Waals surface area contributed by atoms with Crippen molar-refractivity contribution in [1.29, 1.82) is 0 Å². The van der Waals surface area contributed by atoms with Crippen molar-refractivity contribution < 1.29 is 9.63 Å². The first kappa shape index (κ1) is 12.4. The lowest BCUT2D eigenvalue weighted by molar-refractivity contribution is -0.168. The van der Waals surface area contributed by atoms with Crippen LogP contribution in [0, 0.1) is 0 Å². The molecular weight excluding hydrogens is 166 g/mol. The van der Waals surface area contributed by atoms with Crippen molar-refractivity contribution in [3.8, 4) is 0 Å². The molecule has 0 saturated carbocycles. The van der Waals surface area contributed by atoms with Crippen LogP contribution in [0.15, 0.2) is 0 Å². The molecule has 0 spiro atoms. The molecule has 78 valence electrons. The molecule has 1 amide bonds. The summed E-state index contributed by atoms with van der Waals surface area (Å²) in [7, 11) is 3.16. The highest BCUT2D eigenvalue weighted by atomic mass is 16.7. The van der Waals surface area contributed by atoms with Gasteiger partial charge in [0.1, 0.15) is 0 Å². The van der Waals surface area contributed by atoms with E-state index in [-0.39, 0.29) is 5.91 Å². The van der Waals surface area contributed by atoms with Gasteiger partial charge in [0.15, 0.2) is 0 Å². The Morgan fingerprint density at radius 3 is 2.38 bits per heavy atom. The van der Waals surface area contributed by atoms with Crippen molar-refractivity contribution in [2.75, 3.05) is 14.2 Å². The fourth-order valence-electron chi connectivity index (χ4n) is 1.14. The Morgan fingerprint density at radius 2 is 1.85 bits per heavy atom. The fraction of sp³-hybridized carbons (Fsp3) is 0.900. The minimum absolute atomic E-state index is 0.0685. The number of rotatable bonds is 7. The maximum absolute atomic E-state index is 11.2. The molecule has 0 aromatic rings. The zero-order valence-electron chi connectivity index (χ0n) is 9.01. The molecule has 0 unspecified atom stereocenters. The van der Waals surface area contributed by atoms with Crippen LogP contribution in [0.5, 0.6) is 0 Å². The van der Waals surface area contributed by atoms with Crippen molar-refractivity contribution in [2.24, 2.45) is 0 Å². The van der Waals surface area contributed by atoms with Crippen LogP contribution in [-0.4, -0.2) is 25.1 Å². The fourth-order valence-corrected chi connectivity index (χ4v) is 1.14. The van der Waals surface area contributed by atoms with Gasteiger partial charge >= 0.3 is 0 Å². The van der Waals surface area contributed by atoms with Gasteiger partial charge in [-0.25, -0.2) is 5.06 Å². The highest BCUT2D eigenvalue weighted by Gasteiger charge is 2.05. The average Bonchev–Trinajstić information content (AvgIpc) is 2.16. The quantitative estimate of drug-likeness (QED) is 0.452. The summed E-state index contributed by atoms with van der Waals surface area (Å²) in [5.41, 5.74) is 0. The summed E-state index contributed by atoms with van der Waals surface area (Å²) in [4.78, 5) is 16.0. The number of unbranched alkanes of at least 4 members (excludes halogenated alkanes) is 4. The third kappa shape index (κ3) is 6.58. The van der Waals surface area contributed by atoms with Crippen LogP contribution in [0.1, 0.15) is 45.4 Å². The molecule has 0 aliphatic rings. The monoisotopic (exact) mass is 187 g/mol. The molecule has 3 nitrogen and oxygen atoms in total. The van der Waals surface area contributed by atoms with E-state index in [1.54, 1.807) is 7.05 Å². The lowest BCUT2D eigenvalue weighted by Crippen LogP contribution is -2.24. The first-order valence-electron chi connectivity index (χ1n) is 5.03. The third-order valence-electron chi connectivity index (χ3n) is 2.12. The van der Waals surface area contributed by atoms with Crippen molar-refractivity contribution in [3.05, 3.63) is 0 Å². The van der Waals surface area contributed by atoms with Gasteiger partial charge in [-0.3, -0.25) is 9.63 Å². The Bertz CT molecular complexity index is 137. The Morgan fingerprint density at radius 1 is 1.23 bits per heavy atom. The molecule has 0 aliphatic carbocycles. The summed E-state index contributed by atoms with van der Waals surface area (Å²) >= 11 is 0. The Labute approximate surface area is 81.0 Å². The van der Waals surface area contributed by atoms with E-state index in [0.717, 1.165) is 12.8 Å². The standard InChI is InChI=1S/C10H21NO2/c1-4-5-6-7-8-9-10(12)11(2)13-3/h4-9H2,1-3H3. The van der Waals surface area contributed by atoms with Gasteiger partial charge in [0.2, 0.25) is 5.91 Å². The first-order chi connectivity index (χ1) is 6.22. The number of hydrogen-bond acceptors (Lipinski definition) is 2. The first-order valence-corrected chi connectivity index (χ1v) is 5.03. The molecule has 0 aromatic carbocycles. The molecular formula is C10H21NO2. The molecule has 0 rings (SSSR count). The number of carbonyl (C=O) groups excluding carboxylic acids is 1. The SMILES string of the molecule is CCCCCCCC(=O)N(C)OC. The second-order valence-corrected chi connectivity index (χ2v) is 3.24. The highest BCUT2D eigenvalue weighted by Crippen LogP contribution is 2.06. The second-order valence-electron chi connectivity index (χ2n) is 3.24. The molecule has 0 aliphatic heterocycles. The maximum Gasteiger partial charge on any atom is 0.245 e. The summed E-state index contributed by atoms with van der Waals surface area (Å²) in [6.07, 6.45) is 6.48. The van der Waals surface area contributed by atoms with Gasteiger partial charge in [0, 0.05) is 13.5 Å². The zero-order valence-corrected chi connectivity index (χ0v) is 9.01. The van der Waals surface area contributed by atoms with Gasteiger partial charge in [-0.2, -0.15) is 0 Å². The molecule has 13 heavy (non-hydrogen) atoms. The Kier molecular flexibility index (Phi) is 7.69. The summed E-state index contributed by atoms with van der Waals surface area (Å²) in [5, 5.41) is 1.29. The molecule has 0 N–H and O–H groups in total. The lowest BCUT2D eigenvalue weighted by atomic mass is 10.1. The van der Waals surface area contributed by atoms with E-state index in [4.69, 9.17) is 4.84 Å². The van der Waals surface area contributed by atoms with Gasteiger partial charge in [0.05, 0.1) is 7.11 Å². The summed E-state index contributed by atoms with van der Waals surface area (Å²) in [5.74, 6) is 0.0685. The van der Waals surface area contributed by atoms with Crippen molar-refractivity contribution in [3.63, 3.8) is 0 Å². The molecule has 0 atom stereocenters. The number of hydrogen-bond donors (Lipinski definition) is 0. The molecule has 0 radical (unpaired) electrons. The number of hydroxylamine groups is 2. The molecule has 3 heteroatoms. The predicted octanol–water partition coefficient (Wildman–Crippen LogP) is 2.37. The van der Waals surface area contributed by atoms with Gasteiger partial charge in [-0.05, 0) is 6.42 Å². The summed E-state index contributed by atoms with van der Waals surface area (Å²) in [6, 6.07) is 0. The van der Waals surface area contributed by atoms with Crippen molar-refractivity contribution in [2.45, 2.75) is 45.4 Å². The van der Waals surface area contributed by atoms with Gasteiger partial charge < -0.3 is 0 Å². The molecule has 0 aromatic heterocycles. The molecule has 0 heterocycles. The van der Waals surface area contributed by atoms with Crippen LogP contribution in [0.25, 0.3) is 0 Å².